The first-order chi connectivity index (χ1) is 11.0. The molecule has 0 spiro atoms. The van der Waals surface area contributed by atoms with Crippen molar-refractivity contribution in [2.75, 3.05) is 13.8 Å². The van der Waals surface area contributed by atoms with Gasteiger partial charge in [-0.3, -0.25) is 4.79 Å². The van der Waals surface area contributed by atoms with Crippen LogP contribution in [0.25, 0.3) is 0 Å². The Morgan fingerprint density at radius 2 is 1.96 bits per heavy atom. The predicted molar refractivity (Wildman–Crippen MR) is 78.8 cm³/mol. The van der Waals surface area contributed by atoms with Crippen molar-refractivity contribution in [2.45, 2.75) is 13.5 Å². The number of carboxylic acid groups (broad SMARTS) is 1. The van der Waals surface area contributed by atoms with E-state index >= 15 is 0 Å². The minimum absolute atomic E-state index is 0.101. The van der Waals surface area contributed by atoms with Gasteiger partial charge in [0, 0.05) is 12.6 Å². The van der Waals surface area contributed by atoms with E-state index in [0.717, 1.165) is 0 Å². The number of rotatable bonds is 4. The molecule has 0 bridgehead atoms. The molecule has 1 aromatic carbocycles. The van der Waals surface area contributed by atoms with Gasteiger partial charge in [-0.15, -0.1) is 0 Å². The fourth-order valence-electron chi connectivity index (χ4n) is 2.39. The van der Waals surface area contributed by atoms with Crippen LogP contribution in [0.15, 0.2) is 28.7 Å². The van der Waals surface area contributed by atoms with Gasteiger partial charge in [-0.2, -0.15) is 0 Å². The Morgan fingerprint density at radius 3 is 2.65 bits per heavy atom. The van der Waals surface area contributed by atoms with E-state index in [0.29, 0.717) is 28.6 Å². The number of benzene rings is 1. The first-order valence-electron chi connectivity index (χ1n) is 6.93. The molecule has 0 radical (unpaired) electrons. The summed E-state index contributed by atoms with van der Waals surface area (Å²) >= 11 is 0. The average Bonchev–Trinajstić information content (AvgIpc) is 3.11. The van der Waals surface area contributed by atoms with Crippen molar-refractivity contribution < 1.29 is 28.6 Å². The second-order valence-electron chi connectivity index (χ2n) is 5.22. The Bertz CT molecular complexity index is 779. The summed E-state index contributed by atoms with van der Waals surface area (Å²) in [5.41, 5.74) is 0.558. The van der Waals surface area contributed by atoms with Crippen LogP contribution in [0, 0.1) is 6.92 Å². The molecule has 1 amide bonds. The van der Waals surface area contributed by atoms with Gasteiger partial charge in [0.25, 0.3) is 5.91 Å². The molecule has 7 heteroatoms. The van der Waals surface area contributed by atoms with Crippen LogP contribution >= 0.6 is 0 Å². The molecule has 0 fully saturated rings. The molecule has 23 heavy (non-hydrogen) atoms. The molecular weight excluding hydrogens is 302 g/mol. The lowest BCUT2D eigenvalue weighted by Gasteiger charge is -2.16. The third-order valence-corrected chi connectivity index (χ3v) is 3.56. The molecule has 0 unspecified atom stereocenters. The number of aryl methyl sites for hydroxylation is 1. The molecule has 0 saturated carbocycles. The van der Waals surface area contributed by atoms with E-state index in [4.69, 9.17) is 19.0 Å². The normalized spacial score (nSPS) is 12.3. The highest BCUT2D eigenvalue weighted by Gasteiger charge is 2.20. The molecule has 2 heterocycles. The average molecular weight is 317 g/mol. The van der Waals surface area contributed by atoms with Crippen molar-refractivity contribution in [3.8, 4) is 11.5 Å². The zero-order chi connectivity index (χ0) is 16.6. The number of aromatic carboxylic acids is 1. The number of ether oxygens (including phenoxy) is 2. The molecule has 0 atom stereocenters. The lowest BCUT2D eigenvalue weighted by atomic mass is 10.1. The van der Waals surface area contributed by atoms with Gasteiger partial charge in [0.15, 0.2) is 11.5 Å². The van der Waals surface area contributed by atoms with Crippen molar-refractivity contribution in [3.05, 3.63) is 46.9 Å². The van der Waals surface area contributed by atoms with Crippen LogP contribution in [0.4, 0.5) is 0 Å². The summed E-state index contributed by atoms with van der Waals surface area (Å²) in [5, 5.41) is 9.02. The van der Waals surface area contributed by atoms with Gasteiger partial charge in [-0.25, -0.2) is 4.79 Å². The Kier molecular flexibility index (Phi) is 3.69. The van der Waals surface area contributed by atoms with E-state index in [9.17, 15) is 9.59 Å². The number of amides is 1. The molecule has 1 aliphatic heterocycles. The van der Waals surface area contributed by atoms with Gasteiger partial charge in [0.1, 0.15) is 17.1 Å². The van der Waals surface area contributed by atoms with E-state index in [1.165, 1.54) is 11.0 Å². The van der Waals surface area contributed by atoms with Gasteiger partial charge in [0.05, 0.1) is 6.54 Å². The van der Waals surface area contributed by atoms with Gasteiger partial charge in [-0.1, -0.05) is 0 Å². The number of fused-ring (bicyclic) bond motifs is 1. The number of hydrogen-bond acceptors (Lipinski definition) is 5. The maximum Gasteiger partial charge on any atom is 0.339 e. The molecule has 120 valence electrons. The topological polar surface area (TPSA) is 89.2 Å². The van der Waals surface area contributed by atoms with Crippen molar-refractivity contribution in [3.63, 3.8) is 0 Å². The fraction of sp³-hybridized carbons (Fsp3) is 0.250. The Hall–Kier alpha value is -2.96. The number of carboxylic acids is 1. The standard InChI is InChI=1S/C16H15NO6/c1-9-12(16(19)20)6-11(23-9)7-17(2)15(18)10-3-4-13-14(5-10)22-8-21-13/h3-6H,7-8H2,1-2H3,(H,19,20). The number of nitrogens with zero attached hydrogens (tertiary/aromatic N) is 1. The van der Waals surface area contributed by atoms with Crippen LogP contribution in [0.5, 0.6) is 11.5 Å². The molecular formula is C16H15NO6. The second-order valence-corrected chi connectivity index (χ2v) is 5.22. The number of carbonyl (C=O) groups excluding carboxylic acids is 1. The van der Waals surface area contributed by atoms with Crippen molar-refractivity contribution in [2.24, 2.45) is 0 Å². The van der Waals surface area contributed by atoms with E-state index in [2.05, 4.69) is 0 Å². The van der Waals surface area contributed by atoms with E-state index in [1.807, 2.05) is 0 Å². The van der Waals surface area contributed by atoms with Crippen LogP contribution in [0.3, 0.4) is 0 Å². The van der Waals surface area contributed by atoms with Crippen LogP contribution in [-0.2, 0) is 6.54 Å². The molecule has 1 aliphatic rings. The largest absolute Gasteiger partial charge is 0.478 e. The third-order valence-electron chi connectivity index (χ3n) is 3.56. The quantitative estimate of drug-likeness (QED) is 0.930. The summed E-state index contributed by atoms with van der Waals surface area (Å²) in [7, 11) is 1.62. The maximum absolute atomic E-state index is 12.4. The monoisotopic (exact) mass is 317 g/mol. The zero-order valence-corrected chi connectivity index (χ0v) is 12.7. The molecule has 2 aromatic rings. The predicted octanol–water partition coefficient (Wildman–Crippen LogP) is 2.29. The Morgan fingerprint density at radius 1 is 1.22 bits per heavy atom. The van der Waals surface area contributed by atoms with Crippen molar-refractivity contribution in [1.29, 1.82) is 0 Å². The molecule has 1 aromatic heterocycles. The van der Waals surface area contributed by atoms with Crippen molar-refractivity contribution in [1.82, 2.24) is 4.90 Å². The lowest BCUT2D eigenvalue weighted by Crippen LogP contribution is -2.25. The van der Waals surface area contributed by atoms with Crippen LogP contribution in [-0.4, -0.2) is 35.7 Å². The van der Waals surface area contributed by atoms with Gasteiger partial charge in [0.2, 0.25) is 6.79 Å². The molecule has 7 nitrogen and oxygen atoms in total. The number of hydrogen-bond donors (Lipinski definition) is 1. The van der Waals surface area contributed by atoms with Crippen molar-refractivity contribution >= 4 is 11.9 Å². The van der Waals surface area contributed by atoms with Crippen LogP contribution < -0.4 is 9.47 Å². The molecule has 3 rings (SSSR count). The van der Waals surface area contributed by atoms with Gasteiger partial charge < -0.3 is 23.9 Å². The number of furan rings is 1. The Balaban J connectivity index is 1.75. The van der Waals surface area contributed by atoms with E-state index in [-0.39, 0.29) is 24.8 Å². The minimum Gasteiger partial charge on any atom is -0.478 e. The van der Waals surface area contributed by atoms with Gasteiger partial charge >= 0.3 is 5.97 Å². The SMILES string of the molecule is Cc1oc(CN(C)C(=O)c2ccc3c(c2)OCO3)cc1C(=O)O. The fourth-order valence-corrected chi connectivity index (χ4v) is 2.39. The van der Waals surface area contributed by atoms with Gasteiger partial charge in [-0.05, 0) is 31.2 Å². The summed E-state index contributed by atoms with van der Waals surface area (Å²) in [6, 6.07) is 6.39. The summed E-state index contributed by atoms with van der Waals surface area (Å²) in [4.78, 5) is 24.9. The van der Waals surface area contributed by atoms with Crippen LogP contribution in [0.1, 0.15) is 32.2 Å². The molecule has 0 aliphatic carbocycles. The van der Waals surface area contributed by atoms with E-state index < -0.39 is 5.97 Å². The third kappa shape index (κ3) is 2.85. The molecule has 1 N–H and O–H groups in total. The van der Waals surface area contributed by atoms with E-state index in [1.54, 1.807) is 32.2 Å². The highest BCUT2D eigenvalue weighted by atomic mass is 16.7. The summed E-state index contributed by atoms with van der Waals surface area (Å²) < 4.78 is 15.9. The smallest absolute Gasteiger partial charge is 0.339 e. The maximum atomic E-state index is 12.4. The molecule has 0 saturated heterocycles. The highest BCUT2D eigenvalue weighted by Crippen LogP contribution is 2.32. The first kappa shape index (κ1) is 15.0. The lowest BCUT2D eigenvalue weighted by molar-refractivity contribution is 0.0694. The van der Waals surface area contributed by atoms with Crippen LogP contribution in [0.2, 0.25) is 0 Å². The summed E-state index contributed by atoms with van der Waals surface area (Å²) in [6.07, 6.45) is 0. The first-order valence-corrected chi connectivity index (χ1v) is 6.93. The highest BCUT2D eigenvalue weighted by molar-refractivity contribution is 5.94. The second kappa shape index (κ2) is 5.68. The zero-order valence-electron chi connectivity index (χ0n) is 12.7. The summed E-state index contributed by atoms with van der Waals surface area (Å²) in [6.45, 7) is 1.89. The summed E-state index contributed by atoms with van der Waals surface area (Å²) in [5.74, 6) is 0.590. The Labute approximate surface area is 132 Å². The number of carbonyl (C=O) groups is 2. The minimum atomic E-state index is -1.05.